The Morgan fingerprint density at radius 1 is 1.14 bits per heavy atom. The number of methoxy groups -OCH3 is 2. The largest absolute Gasteiger partial charge is 0.497 e. The molecule has 1 heterocycles. The van der Waals surface area contributed by atoms with E-state index < -0.39 is 0 Å². The van der Waals surface area contributed by atoms with E-state index in [-0.39, 0.29) is 5.54 Å². The van der Waals surface area contributed by atoms with Gasteiger partial charge in [0, 0.05) is 42.8 Å². The number of nitrogens with zero attached hydrogens (tertiary/aromatic N) is 1. The van der Waals surface area contributed by atoms with Crippen molar-refractivity contribution in [1.82, 2.24) is 10.2 Å². The molecule has 0 aliphatic carbocycles. The van der Waals surface area contributed by atoms with Crippen molar-refractivity contribution in [3.05, 3.63) is 23.8 Å². The number of benzene rings is 1. The Hall–Kier alpha value is -1.26. The number of hydrogen-bond donors (Lipinski definition) is 1. The first kappa shape index (κ1) is 17.1. The standard InChI is InChI=1S/C18H30N2O2/c1-18(2,3)20-10-8-15(9-11-20)19-13-14-6-7-16(21-4)12-17(14)22-5/h6-7,12,15,19H,8-11,13H2,1-5H3. The molecule has 1 aliphatic heterocycles. The van der Waals surface area contributed by atoms with Gasteiger partial charge in [0.2, 0.25) is 0 Å². The normalized spacial score (nSPS) is 17.5. The second kappa shape index (κ2) is 7.34. The molecule has 2 rings (SSSR count). The zero-order valence-corrected chi connectivity index (χ0v) is 14.6. The van der Waals surface area contributed by atoms with E-state index in [4.69, 9.17) is 9.47 Å². The first-order chi connectivity index (χ1) is 10.4. The van der Waals surface area contributed by atoms with Crippen molar-refractivity contribution < 1.29 is 9.47 Å². The van der Waals surface area contributed by atoms with Gasteiger partial charge in [0.1, 0.15) is 11.5 Å². The second-order valence-electron chi connectivity index (χ2n) is 6.99. The van der Waals surface area contributed by atoms with Crippen LogP contribution in [-0.2, 0) is 6.54 Å². The molecular formula is C18H30N2O2. The van der Waals surface area contributed by atoms with Gasteiger partial charge in [-0.05, 0) is 39.7 Å². The highest BCUT2D eigenvalue weighted by molar-refractivity contribution is 5.40. The van der Waals surface area contributed by atoms with Gasteiger partial charge in [-0.3, -0.25) is 4.90 Å². The number of ether oxygens (including phenoxy) is 2. The molecule has 0 atom stereocenters. The minimum absolute atomic E-state index is 0.282. The zero-order valence-electron chi connectivity index (χ0n) is 14.6. The molecule has 0 saturated carbocycles. The maximum Gasteiger partial charge on any atom is 0.127 e. The Kier molecular flexibility index (Phi) is 5.70. The van der Waals surface area contributed by atoms with Crippen LogP contribution in [0.25, 0.3) is 0 Å². The molecule has 124 valence electrons. The Labute approximate surface area is 134 Å². The molecule has 0 aromatic heterocycles. The Balaban J connectivity index is 1.87. The molecule has 1 N–H and O–H groups in total. The third kappa shape index (κ3) is 4.37. The minimum Gasteiger partial charge on any atom is -0.497 e. The molecule has 1 aliphatic rings. The molecule has 1 aromatic carbocycles. The summed E-state index contributed by atoms with van der Waals surface area (Å²) in [5.41, 5.74) is 1.46. The monoisotopic (exact) mass is 306 g/mol. The van der Waals surface area contributed by atoms with Crippen LogP contribution in [0.1, 0.15) is 39.2 Å². The summed E-state index contributed by atoms with van der Waals surface area (Å²) < 4.78 is 10.7. The third-order valence-corrected chi connectivity index (χ3v) is 4.52. The highest BCUT2D eigenvalue weighted by atomic mass is 16.5. The van der Waals surface area contributed by atoms with Crippen molar-refractivity contribution in [3.8, 4) is 11.5 Å². The lowest BCUT2D eigenvalue weighted by Crippen LogP contribution is -2.49. The van der Waals surface area contributed by atoms with Crippen molar-refractivity contribution in [1.29, 1.82) is 0 Å². The lowest BCUT2D eigenvalue weighted by molar-refractivity contribution is 0.0960. The van der Waals surface area contributed by atoms with E-state index in [9.17, 15) is 0 Å². The summed E-state index contributed by atoms with van der Waals surface area (Å²) in [6.07, 6.45) is 2.41. The van der Waals surface area contributed by atoms with Crippen LogP contribution in [0.15, 0.2) is 18.2 Å². The molecular weight excluding hydrogens is 276 g/mol. The summed E-state index contributed by atoms with van der Waals surface area (Å²) in [5.74, 6) is 1.72. The van der Waals surface area contributed by atoms with Crippen LogP contribution in [0.4, 0.5) is 0 Å². The summed E-state index contributed by atoms with van der Waals surface area (Å²) in [6.45, 7) is 10.1. The maximum atomic E-state index is 5.46. The van der Waals surface area contributed by atoms with E-state index in [0.717, 1.165) is 18.0 Å². The predicted octanol–water partition coefficient (Wildman–Crippen LogP) is 3.06. The number of rotatable bonds is 5. The number of nitrogens with one attached hydrogen (secondary N) is 1. The molecule has 0 bridgehead atoms. The zero-order chi connectivity index (χ0) is 16.2. The van der Waals surface area contributed by atoms with Gasteiger partial charge in [-0.1, -0.05) is 6.07 Å². The Bertz CT molecular complexity index is 474. The molecule has 22 heavy (non-hydrogen) atoms. The van der Waals surface area contributed by atoms with Crippen molar-refractivity contribution in [3.63, 3.8) is 0 Å². The van der Waals surface area contributed by atoms with Crippen molar-refractivity contribution in [2.45, 2.75) is 51.7 Å². The molecule has 0 amide bonds. The lowest BCUT2D eigenvalue weighted by atomic mass is 9.98. The fourth-order valence-electron chi connectivity index (χ4n) is 3.01. The van der Waals surface area contributed by atoms with E-state index >= 15 is 0 Å². The second-order valence-corrected chi connectivity index (χ2v) is 6.99. The molecule has 0 spiro atoms. The SMILES string of the molecule is COc1ccc(CNC2CCN(C(C)(C)C)CC2)c(OC)c1. The van der Waals surface area contributed by atoms with Gasteiger partial charge in [-0.2, -0.15) is 0 Å². The third-order valence-electron chi connectivity index (χ3n) is 4.52. The van der Waals surface area contributed by atoms with Gasteiger partial charge in [-0.25, -0.2) is 0 Å². The van der Waals surface area contributed by atoms with Crippen molar-refractivity contribution >= 4 is 0 Å². The fraction of sp³-hybridized carbons (Fsp3) is 0.667. The first-order valence-electron chi connectivity index (χ1n) is 8.13. The molecule has 4 nitrogen and oxygen atoms in total. The average Bonchev–Trinajstić information content (AvgIpc) is 2.52. The van der Waals surface area contributed by atoms with Gasteiger partial charge < -0.3 is 14.8 Å². The van der Waals surface area contributed by atoms with Gasteiger partial charge in [0.05, 0.1) is 14.2 Å². The Morgan fingerprint density at radius 2 is 1.82 bits per heavy atom. The van der Waals surface area contributed by atoms with Crippen molar-refractivity contribution in [2.24, 2.45) is 0 Å². The van der Waals surface area contributed by atoms with Gasteiger partial charge in [-0.15, -0.1) is 0 Å². The van der Waals surface area contributed by atoms with Crippen LogP contribution in [0.2, 0.25) is 0 Å². The van der Waals surface area contributed by atoms with Crippen LogP contribution >= 0.6 is 0 Å². The Morgan fingerprint density at radius 3 is 2.36 bits per heavy atom. The van der Waals surface area contributed by atoms with E-state index in [2.05, 4.69) is 37.1 Å². The van der Waals surface area contributed by atoms with Crippen LogP contribution in [0, 0.1) is 0 Å². The number of likely N-dealkylation sites (tertiary alicyclic amines) is 1. The van der Waals surface area contributed by atoms with Gasteiger partial charge in [0.15, 0.2) is 0 Å². The van der Waals surface area contributed by atoms with E-state index in [1.54, 1.807) is 14.2 Å². The fourth-order valence-corrected chi connectivity index (χ4v) is 3.01. The summed E-state index contributed by atoms with van der Waals surface area (Å²) in [6, 6.07) is 6.60. The molecule has 1 fully saturated rings. The summed E-state index contributed by atoms with van der Waals surface area (Å²) in [5, 5.41) is 3.67. The van der Waals surface area contributed by atoms with E-state index in [0.29, 0.717) is 6.04 Å². The van der Waals surface area contributed by atoms with Crippen molar-refractivity contribution in [2.75, 3.05) is 27.3 Å². The van der Waals surface area contributed by atoms with Crippen LogP contribution in [0.3, 0.4) is 0 Å². The summed E-state index contributed by atoms with van der Waals surface area (Å²) in [7, 11) is 3.38. The molecule has 1 aromatic rings. The van der Waals surface area contributed by atoms with E-state index in [1.807, 2.05) is 12.1 Å². The number of piperidine rings is 1. The minimum atomic E-state index is 0.282. The highest BCUT2D eigenvalue weighted by Gasteiger charge is 2.26. The molecule has 0 radical (unpaired) electrons. The topological polar surface area (TPSA) is 33.7 Å². The quantitative estimate of drug-likeness (QED) is 0.906. The lowest BCUT2D eigenvalue weighted by Gasteiger charge is -2.41. The van der Waals surface area contributed by atoms with Gasteiger partial charge in [0.25, 0.3) is 0 Å². The molecule has 1 saturated heterocycles. The van der Waals surface area contributed by atoms with Crippen LogP contribution in [0.5, 0.6) is 11.5 Å². The highest BCUT2D eigenvalue weighted by Crippen LogP contribution is 2.25. The molecule has 0 unspecified atom stereocenters. The average molecular weight is 306 g/mol. The first-order valence-corrected chi connectivity index (χ1v) is 8.13. The van der Waals surface area contributed by atoms with E-state index in [1.165, 1.54) is 31.5 Å². The van der Waals surface area contributed by atoms with Crippen LogP contribution in [-0.4, -0.2) is 43.8 Å². The predicted molar refractivity (Wildman–Crippen MR) is 90.7 cm³/mol. The maximum absolute atomic E-state index is 5.46. The molecule has 4 heteroatoms. The summed E-state index contributed by atoms with van der Waals surface area (Å²) >= 11 is 0. The van der Waals surface area contributed by atoms with Gasteiger partial charge >= 0.3 is 0 Å². The smallest absolute Gasteiger partial charge is 0.127 e. The number of hydrogen-bond acceptors (Lipinski definition) is 4. The van der Waals surface area contributed by atoms with Crippen LogP contribution < -0.4 is 14.8 Å². The summed E-state index contributed by atoms with van der Waals surface area (Å²) in [4.78, 5) is 2.57.